The number of halogens is 9. The van der Waals surface area contributed by atoms with Gasteiger partial charge in [-0.2, -0.15) is 0 Å². The van der Waals surface area contributed by atoms with Crippen LogP contribution in [-0.2, 0) is 28.7 Å². The number of methoxy groups -OCH3 is 2. The van der Waals surface area contributed by atoms with Crippen LogP contribution in [0.2, 0.25) is 20.6 Å². The van der Waals surface area contributed by atoms with E-state index in [9.17, 15) is 27.2 Å². The second-order valence-electron chi connectivity index (χ2n) is 8.90. The van der Waals surface area contributed by atoms with Crippen molar-refractivity contribution in [1.82, 2.24) is 9.97 Å². The van der Waals surface area contributed by atoms with E-state index in [1.165, 1.54) is 44.6 Å². The number of hydrogen-bond donors (Lipinski definition) is 2. The van der Waals surface area contributed by atoms with Gasteiger partial charge in [-0.25, -0.2) is 37.1 Å². The van der Waals surface area contributed by atoms with Crippen LogP contribution in [0.25, 0.3) is 23.3 Å². The molecule has 22 heteroatoms. The van der Waals surface area contributed by atoms with Crippen LogP contribution in [0.4, 0.5) is 17.6 Å². The van der Waals surface area contributed by atoms with Crippen LogP contribution in [0.3, 0.4) is 0 Å². The molecule has 0 aliphatic rings. The number of pyridine rings is 2. The van der Waals surface area contributed by atoms with Gasteiger partial charge < -0.3 is 29.7 Å². The summed E-state index contributed by atoms with van der Waals surface area (Å²) in [6, 6.07) is 8.59. The second-order valence-corrected chi connectivity index (χ2v) is 11.2. The molecule has 0 aliphatic carbocycles. The molecule has 2 aromatic carbocycles. The Labute approximate surface area is 349 Å². The first-order chi connectivity index (χ1) is 24.5. The Bertz CT molecular complexity index is 1910. The average molecular weight is 897 g/mol. The Balaban J connectivity index is 0.000000759. The molecule has 2 heterocycles. The topological polar surface area (TPSA) is 168 Å². The average Bonchev–Trinajstić information content (AvgIpc) is 3.07. The molecular weight excluding hydrogens is 876 g/mol. The van der Waals surface area contributed by atoms with Gasteiger partial charge in [0.05, 0.1) is 14.2 Å². The number of esters is 2. The molecule has 0 fully saturated rings. The van der Waals surface area contributed by atoms with Crippen LogP contribution in [0.5, 0.6) is 0 Å². The van der Waals surface area contributed by atoms with Gasteiger partial charge in [-0.1, -0.05) is 52.5 Å². The van der Waals surface area contributed by atoms with Crippen LogP contribution < -0.4 is 40.3 Å². The molecule has 0 saturated carbocycles. The van der Waals surface area contributed by atoms with E-state index in [0.717, 1.165) is 30.3 Å². The summed E-state index contributed by atoms with van der Waals surface area (Å²) in [7, 11) is 0.619. The molecule has 2 aromatic heterocycles. The Morgan fingerprint density at radius 3 is 1.66 bits per heavy atom. The number of aromatic nitrogens is 2. The second kappa shape index (κ2) is 25.9. The predicted octanol–water partition coefficient (Wildman–Crippen LogP) is 2.94. The zero-order valence-corrected chi connectivity index (χ0v) is 33.7. The Kier molecular flexibility index (Phi) is 24.4. The van der Waals surface area contributed by atoms with Gasteiger partial charge in [-0.3, -0.25) is 4.79 Å². The summed E-state index contributed by atoms with van der Waals surface area (Å²) >= 11 is 26.6. The Hall–Kier alpha value is -3.07. The zero-order valence-electron chi connectivity index (χ0n) is 27.1. The van der Waals surface area contributed by atoms with E-state index in [1.807, 2.05) is 0 Å². The maximum atomic E-state index is 14.0. The van der Waals surface area contributed by atoms with E-state index in [-0.39, 0.29) is 78.8 Å². The zero-order chi connectivity index (χ0) is 39.5. The van der Waals surface area contributed by atoms with Gasteiger partial charge in [0.15, 0.2) is 0 Å². The van der Waals surface area contributed by atoms with Crippen LogP contribution in [0.1, 0.15) is 11.1 Å². The minimum absolute atomic E-state index is 0. The number of carbonyl (C=O) groups excluding carboxylic acids is 3. The predicted molar refractivity (Wildman–Crippen MR) is 187 cm³/mol. The molecule has 0 spiro atoms. The molecular formula is C31H21BBrCl4F4N2NaO9. The number of ether oxygens (including phenoxy) is 2. The number of nitrogens with zero attached hydrogens (tertiary/aromatic N) is 2. The standard InChI is InChI=1S/C15H9Cl2F2NO2.C9H6BrCl2NO2.C6H5BF2O2.CH2O3.Na/c1-22-14(21)5-4-10-11(7-13(16)20-15(10)17)9-3-2-8(18)6-12(9)19;1-15-8(14)3-2-5-6(10)4-7(11)13-9(5)12;8-4-1-2-5(7(10)11)6(9)3-4;2-1-4-3;/h2-7H,1H3;2-4H,1H3;1-3,10-11H;1,3H;/q;;;;+1/p-1/b5-4+;3-2+;;;. The molecule has 4 aromatic rings. The minimum atomic E-state index is -1.89. The van der Waals surface area contributed by atoms with Crippen molar-refractivity contribution >= 4 is 105 Å². The monoisotopic (exact) mass is 894 g/mol. The molecule has 4 rings (SSSR count). The first-order valence-electron chi connectivity index (χ1n) is 13.4. The van der Waals surface area contributed by atoms with Crippen molar-refractivity contribution in [1.29, 1.82) is 0 Å². The number of benzene rings is 2. The van der Waals surface area contributed by atoms with Gasteiger partial charge in [0.2, 0.25) is 0 Å². The van der Waals surface area contributed by atoms with Crippen molar-refractivity contribution in [2.24, 2.45) is 0 Å². The maximum absolute atomic E-state index is 14.0. The van der Waals surface area contributed by atoms with Crippen LogP contribution in [0.15, 0.2) is 65.2 Å². The van der Waals surface area contributed by atoms with Crippen molar-refractivity contribution in [3.8, 4) is 11.1 Å². The molecule has 0 radical (unpaired) electrons. The third-order valence-electron chi connectivity index (χ3n) is 5.59. The van der Waals surface area contributed by atoms with E-state index in [0.29, 0.717) is 16.1 Å². The van der Waals surface area contributed by atoms with Gasteiger partial charge in [-0.15, -0.1) is 0 Å². The van der Waals surface area contributed by atoms with Crippen LogP contribution in [-0.4, -0.2) is 59.8 Å². The summed E-state index contributed by atoms with van der Waals surface area (Å²) in [4.78, 5) is 41.0. The molecule has 11 nitrogen and oxygen atoms in total. The molecule has 276 valence electrons. The summed E-state index contributed by atoms with van der Waals surface area (Å²) in [5.74, 6) is -4.28. The third-order valence-corrected chi connectivity index (χ3v) is 7.21. The van der Waals surface area contributed by atoms with E-state index >= 15 is 0 Å². The fourth-order valence-electron chi connectivity index (χ4n) is 3.35. The normalized spacial score (nSPS) is 10.0. The summed E-state index contributed by atoms with van der Waals surface area (Å²) in [5, 5.41) is 25.9. The van der Waals surface area contributed by atoms with Crippen molar-refractivity contribution in [3.63, 3.8) is 0 Å². The van der Waals surface area contributed by atoms with Crippen LogP contribution in [0, 0.1) is 23.3 Å². The Morgan fingerprint density at radius 2 is 1.23 bits per heavy atom. The molecule has 2 N–H and O–H groups in total. The fourth-order valence-corrected chi connectivity index (χ4v) is 5.12. The summed E-state index contributed by atoms with van der Waals surface area (Å²) < 4.78 is 61.4. The Morgan fingerprint density at radius 1 is 0.774 bits per heavy atom. The van der Waals surface area contributed by atoms with Crippen molar-refractivity contribution in [2.45, 2.75) is 0 Å². The number of hydrogen-bond acceptors (Lipinski definition) is 11. The molecule has 0 aliphatic heterocycles. The molecule has 0 atom stereocenters. The summed E-state index contributed by atoms with van der Waals surface area (Å²) in [6.07, 6.45) is 5.19. The quantitative estimate of drug-likeness (QED) is 0.0410. The molecule has 0 amide bonds. The van der Waals surface area contributed by atoms with Gasteiger partial charge in [0.25, 0.3) is 6.47 Å². The molecule has 0 bridgehead atoms. The van der Waals surface area contributed by atoms with E-state index in [2.05, 4.69) is 40.3 Å². The molecule has 0 saturated heterocycles. The van der Waals surface area contributed by atoms with Gasteiger partial charge >= 0.3 is 48.6 Å². The third kappa shape index (κ3) is 17.7. The van der Waals surface area contributed by atoms with Crippen LogP contribution >= 0.6 is 62.3 Å². The van der Waals surface area contributed by atoms with E-state index < -0.39 is 42.3 Å². The van der Waals surface area contributed by atoms with Crippen molar-refractivity contribution in [3.05, 3.63) is 120 Å². The smallest absolute Gasteiger partial charge is 0.662 e. The first kappa shape index (κ1) is 49.9. The molecule has 53 heavy (non-hydrogen) atoms. The first-order valence-corrected chi connectivity index (χ1v) is 15.7. The van der Waals surface area contributed by atoms with Crippen molar-refractivity contribution < 1.29 is 91.2 Å². The van der Waals surface area contributed by atoms with Gasteiger partial charge in [0.1, 0.15) is 43.9 Å². The van der Waals surface area contributed by atoms with E-state index in [1.54, 1.807) is 6.07 Å². The maximum Gasteiger partial charge on any atom is 1.00 e. The van der Waals surface area contributed by atoms with Gasteiger partial charge in [-0.05, 0) is 64.0 Å². The SMILES string of the molecule is COC(=O)/C=C/c1c(-c2ccc(F)cc2F)cc(Cl)nc1Cl.COC(=O)/C=C/c1c(Br)cc(Cl)nc1Cl.O=CO[O-].OB(O)c1ccc(F)cc1F.[Na+]. The van der Waals surface area contributed by atoms with Crippen molar-refractivity contribution in [2.75, 3.05) is 14.2 Å². The summed E-state index contributed by atoms with van der Waals surface area (Å²) in [6.45, 7) is -0.181. The minimum Gasteiger partial charge on any atom is -0.662 e. The van der Waals surface area contributed by atoms with E-state index in [4.69, 9.17) is 66.5 Å². The summed E-state index contributed by atoms with van der Waals surface area (Å²) in [5.41, 5.74) is 0.875. The van der Waals surface area contributed by atoms with Gasteiger partial charge in [0, 0.05) is 50.9 Å². The number of carbonyl (C=O) groups is 3. The molecule has 0 unspecified atom stereocenters. The number of rotatable bonds is 7. The largest absolute Gasteiger partial charge is 1.00 e. The fraction of sp³-hybridized carbons (Fsp3) is 0.0645.